The molecule has 41 heavy (non-hydrogen) atoms. The Bertz CT molecular complexity index is 1310. The molecule has 3 aliphatic heterocycles. The second-order valence-corrected chi connectivity index (χ2v) is 11.3. The van der Waals surface area contributed by atoms with E-state index in [-0.39, 0.29) is 11.7 Å². The number of primary amides is 1. The van der Waals surface area contributed by atoms with E-state index in [0.29, 0.717) is 36.6 Å². The molecule has 3 aliphatic rings. The van der Waals surface area contributed by atoms with Crippen LogP contribution in [0.15, 0.2) is 54.6 Å². The Hall–Kier alpha value is -3.73. The number of aromatic nitrogens is 2. The number of likely N-dealkylation sites (N-methyl/N-ethyl adjacent to an activating group) is 1. The van der Waals surface area contributed by atoms with Crippen LogP contribution in [-0.2, 0) is 4.74 Å². The van der Waals surface area contributed by atoms with E-state index in [0.717, 1.165) is 43.9 Å². The van der Waals surface area contributed by atoms with Crippen LogP contribution in [0, 0.1) is 0 Å². The topological polar surface area (TPSA) is 112 Å². The molecule has 4 heterocycles. The summed E-state index contributed by atoms with van der Waals surface area (Å²) in [6.45, 7) is 8.10. The number of rotatable bonds is 8. The molecule has 1 atom stereocenters. The summed E-state index contributed by atoms with van der Waals surface area (Å²) in [4.78, 5) is 29.6. The van der Waals surface area contributed by atoms with Gasteiger partial charge < -0.3 is 30.9 Å². The summed E-state index contributed by atoms with van der Waals surface area (Å²) in [5.74, 6) is 0.297. The quantitative estimate of drug-likeness (QED) is 0.384. The maximum atomic E-state index is 12.5. The number of carbonyl (C=O) groups excluding carboxylic acids is 1. The third-order valence-electron chi connectivity index (χ3n) is 8.46. The smallest absolute Gasteiger partial charge is 0.271 e. The molecule has 2 aromatic carbocycles. The summed E-state index contributed by atoms with van der Waals surface area (Å²) in [6.07, 6.45) is 3.26. The maximum Gasteiger partial charge on any atom is 0.271 e. The fourth-order valence-corrected chi connectivity index (χ4v) is 6.00. The summed E-state index contributed by atoms with van der Waals surface area (Å²) >= 11 is 0. The largest absolute Gasteiger partial charge is 0.379 e. The van der Waals surface area contributed by atoms with Crippen LogP contribution >= 0.6 is 0 Å². The Kier molecular flexibility index (Phi) is 8.31. The van der Waals surface area contributed by atoms with Crippen molar-refractivity contribution in [1.82, 2.24) is 19.8 Å². The molecular formula is C31H40N8O2. The molecule has 3 aromatic rings. The monoisotopic (exact) mass is 556 g/mol. The number of amides is 1. The highest BCUT2D eigenvalue weighted by atomic mass is 16.5. The second-order valence-electron chi connectivity index (χ2n) is 11.3. The number of benzene rings is 2. The van der Waals surface area contributed by atoms with Crippen molar-refractivity contribution in [1.29, 1.82) is 0 Å². The van der Waals surface area contributed by atoms with E-state index in [2.05, 4.69) is 44.5 Å². The minimum atomic E-state index is -0.632. The summed E-state index contributed by atoms with van der Waals surface area (Å²) < 4.78 is 5.56. The Morgan fingerprint density at radius 3 is 2.29 bits per heavy atom. The van der Waals surface area contributed by atoms with Gasteiger partial charge in [-0.15, -0.1) is 0 Å². The minimum Gasteiger partial charge on any atom is -0.379 e. The van der Waals surface area contributed by atoms with Gasteiger partial charge in [-0.25, -0.2) is 9.97 Å². The number of ether oxygens (including phenoxy) is 1. The van der Waals surface area contributed by atoms with Crippen molar-refractivity contribution in [3.05, 3.63) is 60.3 Å². The highest BCUT2D eigenvalue weighted by Crippen LogP contribution is 2.31. The van der Waals surface area contributed by atoms with E-state index < -0.39 is 5.91 Å². The van der Waals surface area contributed by atoms with Gasteiger partial charge >= 0.3 is 0 Å². The number of carbonyl (C=O) groups is 1. The van der Waals surface area contributed by atoms with Gasteiger partial charge in [0.05, 0.1) is 12.6 Å². The molecular weight excluding hydrogens is 516 g/mol. The van der Waals surface area contributed by atoms with Gasteiger partial charge in [0.15, 0.2) is 17.3 Å². The lowest BCUT2D eigenvalue weighted by molar-refractivity contribution is 0.0982. The highest BCUT2D eigenvalue weighted by Gasteiger charge is 2.27. The first-order valence-corrected chi connectivity index (χ1v) is 14.7. The Balaban J connectivity index is 1.18. The summed E-state index contributed by atoms with van der Waals surface area (Å²) in [5, 5.41) is 6.79. The zero-order valence-corrected chi connectivity index (χ0v) is 23.8. The SMILES string of the molecule is CN1CCN(C2CCN(c3ccc(Nc4nc(N[C@H]5CCOC5)c(-c5ccccc5)nc4C(N)=O)cc3)CC2)CC1. The molecule has 1 amide bonds. The van der Waals surface area contributed by atoms with Gasteiger partial charge in [0.1, 0.15) is 5.69 Å². The Morgan fingerprint density at radius 2 is 1.63 bits per heavy atom. The van der Waals surface area contributed by atoms with E-state index in [1.165, 1.54) is 31.6 Å². The standard InChI is InChI=1S/C31H40N8O2/c1-37-16-18-39(19-17-37)26-11-14-38(15-12-26)25-9-7-23(8-10-25)33-31-28(29(32)40)35-27(22-5-3-2-4-6-22)30(36-31)34-24-13-20-41-21-24/h2-10,24,26H,11-21H2,1H3,(H2,32,40)(H2,33,34,36)/t24-/m0/s1. The van der Waals surface area contributed by atoms with E-state index in [1.54, 1.807) is 0 Å². The lowest BCUT2D eigenvalue weighted by Crippen LogP contribution is -2.52. The van der Waals surface area contributed by atoms with Gasteiger partial charge in [0.2, 0.25) is 0 Å². The number of piperazine rings is 1. The van der Waals surface area contributed by atoms with Gasteiger partial charge in [-0.05, 0) is 50.6 Å². The van der Waals surface area contributed by atoms with Gasteiger partial charge in [0, 0.05) is 68.9 Å². The number of hydrogen-bond acceptors (Lipinski definition) is 9. The van der Waals surface area contributed by atoms with Crippen molar-refractivity contribution < 1.29 is 9.53 Å². The molecule has 1 aromatic heterocycles. The third kappa shape index (κ3) is 6.45. The van der Waals surface area contributed by atoms with Crippen molar-refractivity contribution in [3.63, 3.8) is 0 Å². The molecule has 10 nitrogen and oxygen atoms in total. The fourth-order valence-electron chi connectivity index (χ4n) is 6.00. The molecule has 4 N–H and O–H groups in total. The summed E-state index contributed by atoms with van der Waals surface area (Å²) in [7, 11) is 2.21. The van der Waals surface area contributed by atoms with E-state index in [4.69, 9.17) is 20.4 Å². The predicted octanol–water partition coefficient (Wildman–Crippen LogP) is 3.40. The van der Waals surface area contributed by atoms with Crippen LogP contribution < -0.4 is 21.3 Å². The maximum absolute atomic E-state index is 12.5. The Morgan fingerprint density at radius 1 is 0.902 bits per heavy atom. The van der Waals surface area contributed by atoms with Gasteiger partial charge in [-0.2, -0.15) is 0 Å². The van der Waals surface area contributed by atoms with E-state index in [9.17, 15) is 4.79 Å². The van der Waals surface area contributed by atoms with Crippen LogP contribution in [0.1, 0.15) is 29.8 Å². The number of nitrogens with zero attached hydrogens (tertiary/aromatic N) is 5. The molecule has 3 fully saturated rings. The normalized spacial score (nSPS) is 20.7. The van der Waals surface area contributed by atoms with Crippen LogP contribution in [0.25, 0.3) is 11.3 Å². The number of piperidine rings is 1. The van der Waals surface area contributed by atoms with Crippen molar-refractivity contribution in [2.24, 2.45) is 5.73 Å². The highest BCUT2D eigenvalue weighted by molar-refractivity contribution is 5.97. The molecule has 0 aliphatic carbocycles. The molecule has 0 spiro atoms. The molecule has 0 bridgehead atoms. The zero-order valence-electron chi connectivity index (χ0n) is 23.8. The van der Waals surface area contributed by atoms with Crippen molar-refractivity contribution in [3.8, 4) is 11.3 Å². The van der Waals surface area contributed by atoms with Crippen LogP contribution in [0.2, 0.25) is 0 Å². The van der Waals surface area contributed by atoms with Crippen LogP contribution in [0.4, 0.5) is 23.0 Å². The molecule has 10 heteroatoms. The number of nitrogens with one attached hydrogen (secondary N) is 2. The van der Waals surface area contributed by atoms with Crippen LogP contribution in [-0.4, -0.2) is 97.3 Å². The number of anilines is 4. The fraction of sp³-hybridized carbons (Fsp3) is 0.452. The number of hydrogen-bond donors (Lipinski definition) is 3. The predicted molar refractivity (Wildman–Crippen MR) is 163 cm³/mol. The van der Waals surface area contributed by atoms with Crippen molar-refractivity contribution in [2.75, 3.05) is 75.1 Å². The average molecular weight is 557 g/mol. The third-order valence-corrected chi connectivity index (χ3v) is 8.46. The first-order chi connectivity index (χ1) is 20.0. The lowest BCUT2D eigenvalue weighted by Gasteiger charge is -2.42. The molecule has 0 unspecified atom stereocenters. The molecule has 0 radical (unpaired) electrons. The molecule has 216 valence electrons. The summed E-state index contributed by atoms with van der Waals surface area (Å²) in [5.41, 5.74) is 9.36. The van der Waals surface area contributed by atoms with Gasteiger partial charge in [-0.1, -0.05) is 30.3 Å². The average Bonchev–Trinajstić information content (AvgIpc) is 3.52. The van der Waals surface area contributed by atoms with Crippen LogP contribution in [0.5, 0.6) is 0 Å². The van der Waals surface area contributed by atoms with E-state index in [1.807, 2.05) is 42.5 Å². The molecule has 0 saturated carbocycles. The zero-order chi connectivity index (χ0) is 28.2. The Labute approximate surface area is 241 Å². The lowest BCUT2D eigenvalue weighted by atomic mass is 10.0. The minimum absolute atomic E-state index is 0.104. The first-order valence-electron chi connectivity index (χ1n) is 14.7. The molecule has 3 saturated heterocycles. The van der Waals surface area contributed by atoms with Crippen LogP contribution in [0.3, 0.4) is 0 Å². The van der Waals surface area contributed by atoms with Gasteiger partial charge in [0.25, 0.3) is 5.91 Å². The number of nitrogens with two attached hydrogens (primary N) is 1. The molecule has 6 rings (SSSR count). The van der Waals surface area contributed by atoms with Crippen molar-refractivity contribution in [2.45, 2.75) is 31.3 Å². The van der Waals surface area contributed by atoms with Crippen molar-refractivity contribution >= 4 is 28.9 Å². The second kappa shape index (κ2) is 12.4. The summed E-state index contributed by atoms with van der Waals surface area (Å²) in [6, 6.07) is 18.8. The first kappa shape index (κ1) is 27.4. The van der Waals surface area contributed by atoms with Gasteiger partial charge in [-0.3, -0.25) is 9.69 Å². The van der Waals surface area contributed by atoms with E-state index >= 15 is 0 Å².